The number of hydrogen-bond acceptors (Lipinski definition) is 3. The second-order valence-corrected chi connectivity index (χ2v) is 3.61. The van der Waals surface area contributed by atoms with E-state index in [0.717, 1.165) is 19.3 Å². The molecule has 2 atom stereocenters. The van der Waals surface area contributed by atoms with Crippen LogP contribution in [0.15, 0.2) is 18.3 Å². The van der Waals surface area contributed by atoms with Gasteiger partial charge in [0.25, 0.3) is 0 Å². The molecule has 0 radical (unpaired) electrons. The maximum absolute atomic E-state index is 12.5. The molecule has 1 aliphatic rings. The number of rotatable bonds is 2. The summed E-state index contributed by atoms with van der Waals surface area (Å²) in [5, 5.41) is 12.6. The lowest BCUT2D eigenvalue weighted by Crippen LogP contribution is -2.28. The van der Waals surface area contributed by atoms with E-state index in [4.69, 9.17) is 0 Å². The Morgan fingerprint density at radius 2 is 2.29 bits per heavy atom. The van der Waals surface area contributed by atoms with Crippen molar-refractivity contribution >= 4 is 5.82 Å². The van der Waals surface area contributed by atoms with Crippen LogP contribution < -0.4 is 5.32 Å². The molecule has 76 valence electrons. The molecule has 2 N–H and O–H groups in total. The van der Waals surface area contributed by atoms with Gasteiger partial charge in [0.05, 0.1) is 18.3 Å². The molecule has 0 unspecified atom stereocenters. The summed E-state index contributed by atoms with van der Waals surface area (Å²) in [5.74, 6) is 0.278. The fourth-order valence-electron chi connectivity index (χ4n) is 1.76. The van der Waals surface area contributed by atoms with Crippen LogP contribution in [0.25, 0.3) is 0 Å². The molecule has 0 bridgehead atoms. The van der Waals surface area contributed by atoms with E-state index < -0.39 is 0 Å². The van der Waals surface area contributed by atoms with Crippen molar-refractivity contribution in [1.82, 2.24) is 4.98 Å². The first kappa shape index (κ1) is 9.40. The van der Waals surface area contributed by atoms with Gasteiger partial charge < -0.3 is 10.4 Å². The van der Waals surface area contributed by atoms with Crippen LogP contribution in [0.2, 0.25) is 0 Å². The maximum atomic E-state index is 12.5. The number of pyridine rings is 1. The monoisotopic (exact) mass is 196 g/mol. The molecule has 1 fully saturated rings. The maximum Gasteiger partial charge on any atom is 0.141 e. The molecular formula is C10H13FN2O. The lowest BCUT2D eigenvalue weighted by Gasteiger charge is -2.16. The normalized spacial score (nSPS) is 26.4. The van der Waals surface area contributed by atoms with Gasteiger partial charge in [0.2, 0.25) is 0 Å². The highest BCUT2D eigenvalue weighted by atomic mass is 19.1. The largest absolute Gasteiger partial charge is 0.391 e. The van der Waals surface area contributed by atoms with E-state index in [1.807, 2.05) is 0 Å². The fourth-order valence-corrected chi connectivity index (χ4v) is 1.76. The molecule has 1 aliphatic carbocycles. The zero-order chi connectivity index (χ0) is 9.97. The Kier molecular flexibility index (Phi) is 2.63. The molecule has 0 aromatic carbocycles. The number of aliphatic hydroxyl groups is 1. The lowest BCUT2D eigenvalue weighted by molar-refractivity contribution is 0.171. The predicted octanol–water partition coefficient (Wildman–Crippen LogP) is 1.55. The second-order valence-electron chi connectivity index (χ2n) is 3.61. The predicted molar refractivity (Wildman–Crippen MR) is 51.5 cm³/mol. The standard InChI is InChI=1S/C10H13FN2O/c11-7-4-5-10(12-6-7)13-8-2-1-3-9(8)14/h4-6,8-9,14H,1-3H2,(H,12,13)/t8-,9-/m1/s1. The van der Waals surface area contributed by atoms with Gasteiger partial charge in [-0.05, 0) is 31.4 Å². The van der Waals surface area contributed by atoms with Crippen molar-refractivity contribution in [2.75, 3.05) is 5.32 Å². The SMILES string of the molecule is O[C@@H]1CCC[C@H]1Nc1ccc(F)cn1. The quantitative estimate of drug-likeness (QED) is 0.754. The third-order valence-electron chi connectivity index (χ3n) is 2.54. The molecule has 0 aliphatic heterocycles. The number of aliphatic hydroxyl groups excluding tert-OH is 1. The van der Waals surface area contributed by atoms with E-state index >= 15 is 0 Å². The highest BCUT2D eigenvalue weighted by molar-refractivity contribution is 5.35. The highest BCUT2D eigenvalue weighted by Gasteiger charge is 2.24. The molecule has 2 rings (SSSR count). The number of hydrogen-bond donors (Lipinski definition) is 2. The summed E-state index contributed by atoms with van der Waals surface area (Å²) in [4.78, 5) is 3.88. The van der Waals surface area contributed by atoms with Crippen LogP contribution in [0, 0.1) is 5.82 Å². The minimum atomic E-state index is -0.345. The Morgan fingerprint density at radius 1 is 1.43 bits per heavy atom. The van der Waals surface area contributed by atoms with Crippen LogP contribution in [-0.4, -0.2) is 22.2 Å². The summed E-state index contributed by atoms with van der Waals surface area (Å²) in [7, 11) is 0. The molecule has 1 aromatic rings. The minimum absolute atomic E-state index is 0.0629. The number of nitrogens with one attached hydrogen (secondary N) is 1. The summed E-state index contributed by atoms with van der Waals surface area (Å²) < 4.78 is 12.5. The lowest BCUT2D eigenvalue weighted by atomic mass is 10.2. The Bertz CT molecular complexity index is 301. The Morgan fingerprint density at radius 3 is 2.86 bits per heavy atom. The van der Waals surface area contributed by atoms with Gasteiger partial charge in [-0.2, -0.15) is 0 Å². The van der Waals surface area contributed by atoms with Crippen molar-refractivity contribution < 1.29 is 9.50 Å². The summed E-state index contributed by atoms with van der Waals surface area (Å²) in [5.41, 5.74) is 0. The van der Waals surface area contributed by atoms with Crippen LogP contribution in [0.1, 0.15) is 19.3 Å². The van der Waals surface area contributed by atoms with Crippen LogP contribution >= 0.6 is 0 Å². The van der Waals surface area contributed by atoms with Crippen molar-refractivity contribution in [2.24, 2.45) is 0 Å². The summed E-state index contributed by atoms with van der Waals surface area (Å²) >= 11 is 0. The van der Waals surface area contributed by atoms with Gasteiger partial charge >= 0.3 is 0 Å². The van der Waals surface area contributed by atoms with Gasteiger partial charge in [0.1, 0.15) is 11.6 Å². The van der Waals surface area contributed by atoms with E-state index in [0.29, 0.717) is 5.82 Å². The molecule has 0 spiro atoms. The third kappa shape index (κ3) is 2.01. The number of aromatic nitrogens is 1. The average molecular weight is 196 g/mol. The highest BCUT2D eigenvalue weighted by Crippen LogP contribution is 2.21. The van der Waals surface area contributed by atoms with Crippen LogP contribution in [0.5, 0.6) is 0 Å². The first-order valence-electron chi connectivity index (χ1n) is 4.82. The van der Waals surface area contributed by atoms with Crippen LogP contribution in [0.4, 0.5) is 10.2 Å². The topological polar surface area (TPSA) is 45.1 Å². The molecule has 1 saturated carbocycles. The number of nitrogens with zero attached hydrogens (tertiary/aromatic N) is 1. The molecular weight excluding hydrogens is 183 g/mol. The summed E-state index contributed by atoms with van der Waals surface area (Å²) in [6, 6.07) is 3.00. The van der Waals surface area contributed by atoms with E-state index in [2.05, 4.69) is 10.3 Å². The van der Waals surface area contributed by atoms with Crippen molar-refractivity contribution in [2.45, 2.75) is 31.4 Å². The molecule has 0 amide bonds. The van der Waals surface area contributed by atoms with Crippen molar-refractivity contribution in [3.8, 4) is 0 Å². The van der Waals surface area contributed by atoms with Crippen molar-refractivity contribution in [3.63, 3.8) is 0 Å². The number of anilines is 1. The first-order chi connectivity index (χ1) is 6.75. The zero-order valence-corrected chi connectivity index (χ0v) is 7.78. The Labute approximate surface area is 82.0 Å². The molecule has 3 nitrogen and oxygen atoms in total. The van der Waals surface area contributed by atoms with Crippen molar-refractivity contribution in [3.05, 3.63) is 24.1 Å². The summed E-state index contributed by atoms with van der Waals surface area (Å²) in [6.45, 7) is 0. The molecule has 14 heavy (non-hydrogen) atoms. The first-order valence-corrected chi connectivity index (χ1v) is 4.82. The van der Waals surface area contributed by atoms with Gasteiger partial charge in [-0.3, -0.25) is 0 Å². The smallest absolute Gasteiger partial charge is 0.141 e. The Hall–Kier alpha value is -1.16. The molecule has 1 heterocycles. The third-order valence-corrected chi connectivity index (χ3v) is 2.54. The van der Waals surface area contributed by atoms with E-state index in [9.17, 15) is 9.50 Å². The van der Waals surface area contributed by atoms with Crippen molar-refractivity contribution in [1.29, 1.82) is 0 Å². The van der Waals surface area contributed by atoms with E-state index in [-0.39, 0.29) is 18.0 Å². The summed E-state index contributed by atoms with van der Waals surface area (Å²) in [6.07, 6.45) is 3.67. The van der Waals surface area contributed by atoms with E-state index in [1.165, 1.54) is 12.3 Å². The Balaban J connectivity index is 2.00. The van der Waals surface area contributed by atoms with Gasteiger partial charge in [0.15, 0.2) is 0 Å². The number of halogens is 1. The molecule has 4 heteroatoms. The average Bonchev–Trinajstić information content (AvgIpc) is 2.56. The van der Waals surface area contributed by atoms with Gasteiger partial charge in [-0.25, -0.2) is 9.37 Å². The van der Waals surface area contributed by atoms with Gasteiger partial charge in [0, 0.05) is 0 Å². The van der Waals surface area contributed by atoms with Crippen LogP contribution in [-0.2, 0) is 0 Å². The van der Waals surface area contributed by atoms with E-state index in [1.54, 1.807) is 6.07 Å². The fraction of sp³-hybridized carbons (Fsp3) is 0.500. The molecule has 0 saturated heterocycles. The second kappa shape index (κ2) is 3.92. The molecule has 1 aromatic heterocycles. The zero-order valence-electron chi connectivity index (χ0n) is 7.78. The van der Waals surface area contributed by atoms with Gasteiger partial charge in [-0.15, -0.1) is 0 Å². The van der Waals surface area contributed by atoms with Gasteiger partial charge in [-0.1, -0.05) is 0 Å². The minimum Gasteiger partial charge on any atom is -0.391 e. The van der Waals surface area contributed by atoms with Crippen LogP contribution in [0.3, 0.4) is 0 Å².